The average molecular weight is 323 g/mol. The first-order valence-corrected chi connectivity index (χ1v) is 8.08. The summed E-state index contributed by atoms with van der Waals surface area (Å²) < 4.78 is 24.2. The predicted octanol–water partition coefficient (Wildman–Crippen LogP) is 1.99. The van der Waals surface area contributed by atoms with E-state index in [0.717, 1.165) is 44.1 Å². The first kappa shape index (κ1) is 17.7. The lowest BCUT2D eigenvalue weighted by molar-refractivity contribution is 0.0420. The van der Waals surface area contributed by atoms with Crippen molar-refractivity contribution in [3.63, 3.8) is 0 Å². The minimum absolute atomic E-state index is 0.177. The van der Waals surface area contributed by atoms with Crippen molar-refractivity contribution >= 4 is 5.96 Å². The predicted molar refractivity (Wildman–Crippen MR) is 89.1 cm³/mol. The van der Waals surface area contributed by atoms with Crippen LogP contribution in [0.25, 0.3) is 0 Å². The summed E-state index contributed by atoms with van der Waals surface area (Å²) in [5, 5.41) is 6.46. The maximum absolute atomic E-state index is 13.2. The van der Waals surface area contributed by atoms with Gasteiger partial charge >= 0.3 is 0 Å². The van der Waals surface area contributed by atoms with E-state index in [1.165, 1.54) is 6.07 Å². The zero-order valence-corrected chi connectivity index (χ0v) is 13.9. The lowest BCUT2D eigenvalue weighted by atomic mass is 10.1. The van der Waals surface area contributed by atoms with E-state index < -0.39 is 0 Å². The van der Waals surface area contributed by atoms with E-state index in [2.05, 4.69) is 15.6 Å². The molecule has 1 fully saturated rings. The molecular weight excluding hydrogens is 297 g/mol. The summed E-state index contributed by atoms with van der Waals surface area (Å²) in [5.41, 5.74) is 1.68. The molecule has 1 atom stereocenters. The number of ether oxygens (including phenoxy) is 2. The van der Waals surface area contributed by atoms with Crippen LogP contribution in [0.2, 0.25) is 0 Å². The van der Waals surface area contributed by atoms with Crippen LogP contribution >= 0.6 is 0 Å². The Bertz CT molecular complexity index is 517. The van der Waals surface area contributed by atoms with Gasteiger partial charge in [0.15, 0.2) is 5.96 Å². The monoisotopic (exact) mass is 323 g/mol. The molecule has 128 valence electrons. The molecule has 5 nitrogen and oxygen atoms in total. The number of benzene rings is 1. The van der Waals surface area contributed by atoms with Gasteiger partial charge in [-0.05, 0) is 37.0 Å². The minimum Gasteiger partial charge on any atom is -0.379 e. The zero-order chi connectivity index (χ0) is 16.5. The van der Waals surface area contributed by atoms with Crippen molar-refractivity contribution in [1.82, 2.24) is 10.6 Å². The molecule has 1 aromatic rings. The molecule has 0 radical (unpaired) electrons. The molecule has 0 spiro atoms. The number of nitrogens with zero attached hydrogens (tertiary/aromatic N) is 1. The van der Waals surface area contributed by atoms with E-state index in [-0.39, 0.29) is 11.9 Å². The van der Waals surface area contributed by atoms with Gasteiger partial charge < -0.3 is 20.1 Å². The van der Waals surface area contributed by atoms with Gasteiger partial charge in [0, 0.05) is 33.4 Å². The van der Waals surface area contributed by atoms with Gasteiger partial charge in [0.05, 0.1) is 12.7 Å². The Morgan fingerprint density at radius 1 is 1.43 bits per heavy atom. The van der Waals surface area contributed by atoms with E-state index in [1.54, 1.807) is 20.0 Å². The number of hydrogen-bond donors (Lipinski definition) is 2. The molecule has 0 aromatic heterocycles. The quantitative estimate of drug-likeness (QED) is 0.458. The van der Waals surface area contributed by atoms with Crippen molar-refractivity contribution in [3.05, 3.63) is 35.1 Å². The second-order valence-electron chi connectivity index (χ2n) is 5.65. The lowest BCUT2D eigenvalue weighted by Crippen LogP contribution is -2.37. The van der Waals surface area contributed by atoms with Gasteiger partial charge in [-0.25, -0.2) is 4.39 Å². The van der Waals surface area contributed by atoms with Crippen molar-refractivity contribution in [2.24, 2.45) is 4.99 Å². The largest absolute Gasteiger partial charge is 0.379 e. The van der Waals surface area contributed by atoms with Gasteiger partial charge in [-0.1, -0.05) is 12.1 Å². The van der Waals surface area contributed by atoms with Crippen molar-refractivity contribution < 1.29 is 13.9 Å². The van der Waals surface area contributed by atoms with Crippen LogP contribution in [0.5, 0.6) is 0 Å². The first-order chi connectivity index (χ1) is 11.2. The van der Waals surface area contributed by atoms with Crippen molar-refractivity contribution in [2.45, 2.75) is 32.4 Å². The Balaban J connectivity index is 1.61. The van der Waals surface area contributed by atoms with E-state index in [9.17, 15) is 4.39 Å². The van der Waals surface area contributed by atoms with E-state index in [0.29, 0.717) is 18.7 Å². The second-order valence-corrected chi connectivity index (χ2v) is 5.65. The maximum Gasteiger partial charge on any atom is 0.191 e. The molecule has 0 saturated carbocycles. The smallest absolute Gasteiger partial charge is 0.191 e. The highest BCUT2D eigenvalue weighted by Crippen LogP contribution is 2.09. The van der Waals surface area contributed by atoms with Crippen molar-refractivity contribution in [2.75, 3.05) is 33.4 Å². The molecule has 0 bridgehead atoms. The SMILES string of the molecule is CN=C(NCCCOC1CCOC1)NCc1ccc(F)c(C)c1. The number of hydrogen-bond acceptors (Lipinski definition) is 3. The molecule has 6 heteroatoms. The maximum atomic E-state index is 13.2. The minimum atomic E-state index is -0.177. The van der Waals surface area contributed by atoms with Gasteiger partial charge in [-0.2, -0.15) is 0 Å². The summed E-state index contributed by atoms with van der Waals surface area (Å²) >= 11 is 0. The summed E-state index contributed by atoms with van der Waals surface area (Å²) in [6.07, 6.45) is 2.16. The molecule has 1 aliphatic heterocycles. The third kappa shape index (κ3) is 6.15. The third-order valence-corrected chi connectivity index (χ3v) is 3.76. The fourth-order valence-electron chi connectivity index (χ4n) is 2.40. The molecule has 1 aliphatic rings. The van der Waals surface area contributed by atoms with Gasteiger partial charge in [-0.15, -0.1) is 0 Å². The Hall–Kier alpha value is -1.66. The lowest BCUT2D eigenvalue weighted by Gasteiger charge is -2.13. The Labute approximate surface area is 137 Å². The number of aliphatic imine (C=N–C) groups is 1. The number of rotatable bonds is 7. The molecule has 1 aromatic carbocycles. The highest BCUT2D eigenvalue weighted by atomic mass is 19.1. The fourth-order valence-corrected chi connectivity index (χ4v) is 2.40. The van der Waals surface area contributed by atoms with Gasteiger partial charge in [-0.3, -0.25) is 4.99 Å². The summed E-state index contributed by atoms with van der Waals surface area (Å²) in [5.74, 6) is 0.556. The molecule has 23 heavy (non-hydrogen) atoms. The second kappa shape index (κ2) is 9.47. The molecule has 2 N–H and O–H groups in total. The van der Waals surface area contributed by atoms with Crippen LogP contribution < -0.4 is 10.6 Å². The zero-order valence-electron chi connectivity index (χ0n) is 13.9. The van der Waals surface area contributed by atoms with Gasteiger partial charge in [0.1, 0.15) is 5.82 Å². The van der Waals surface area contributed by atoms with Crippen LogP contribution in [-0.4, -0.2) is 45.5 Å². The van der Waals surface area contributed by atoms with E-state index in [4.69, 9.17) is 9.47 Å². The average Bonchev–Trinajstić information content (AvgIpc) is 3.06. The number of guanidine groups is 1. The number of aryl methyl sites for hydroxylation is 1. The first-order valence-electron chi connectivity index (χ1n) is 8.08. The molecular formula is C17H26FN3O2. The van der Waals surface area contributed by atoms with Gasteiger partial charge in [0.25, 0.3) is 0 Å². The van der Waals surface area contributed by atoms with E-state index >= 15 is 0 Å². The van der Waals surface area contributed by atoms with Crippen LogP contribution in [0.4, 0.5) is 4.39 Å². The Morgan fingerprint density at radius 3 is 3.00 bits per heavy atom. The topological polar surface area (TPSA) is 54.9 Å². The fraction of sp³-hybridized carbons (Fsp3) is 0.588. The molecule has 1 saturated heterocycles. The highest BCUT2D eigenvalue weighted by Gasteiger charge is 2.15. The summed E-state index contributed by atoms with van der Waals surface area (Å²) in [6, 6.07) is 5.11. The highest BCUT2D eigenvalue weighted by molar-refractivity contribution is 5.79. The summed E-state index contributed by atoms with van der Waals surface area (Å²) in [4.78, 5) is 4.18. The van der Waals surface area contributed by atoms with Crippen molar-refractivity contribution in [3.8, 4) is 0 Å². The van der Waals surface area contributed by atoms with Crippen LogP contribution in [0.1, 0.15) is 24.0 Å². The Kier molecular flexibility index (Phi) is 7.29. The number of halogens is 1. The molecule has 1 unspecified atom stereocenters. The van der Waals surface area contributed by atoms with E-state index in [1.807, 2.05) is 6.07 Å². The molecule has 1 heterocycles. The van der Waals surface area contributed by atoms with Crippen LogP contribution in [-0.2, 0) is 16.0 Å². The summed E-state index contributed by atoms with van der Waals surface area (Å²) in [6.45, 7) is 5.40. The molecule has 0 aliphatic carbocycles. The molecule has 0 amide bonds. The van der Waals surface area contributed by atoms with Crippen LogP contribution in [0.15, 0.2) is 23.2 Å². The third-order valence-electron chi connectivity index (χ3n) is 3.76. The van der Waals surface area contributed by atoms with Gasteiger partial charge in [0.2, 0.25) is 0 Å². The molecule has 2 rings (SSSR count). The van der Waals surface area contributed by atoms with Crippen molar-refractivity contribution in [1.29, 1.82) is 0 Å². The van der Waals surface area contributed by atoms with Crippen LogP contribution in [0.3, 0.4) is 0 Å². The van der Waals surface area contributed by atoms with Crippen LogP contribution in [0, 0.1) is 12.7 Å². The normalized spacial score (nSPS) is 18.2. The summed E-state index contributed by atoms with van der Waals surface area (Å²) in [7, 11) is 1.73. The Morgan fingerprint density at radius 2 is 2.30 bits per heavy atom. The number of nitrogens with one attached hydrogen (secondary N) is 2. The standard InChI is InChI=1S/C17H26FN3O2/c1-13-10-14(4-5-16(13)18)11-21-17(19-2)20-7-3-8-23-15-6-9-22-12-15/h4-5,10,15H,3,6-9,11-12H2,1-2H3,(H2,19,20,21).